The molecule has 28 heavy (non-hydrogen) atoms. The Labute approximate surface area is 166 Å². The third kappa shape index (κ3) is 3.12. The first-order chi connectivity index (χ1) is 13.4. The number of benzene rings is 1. The van der Waals surface area contributed by atoms with Crippen LogP contribution in [0.4, 0.5) is 14.7 Å². The Morgan fingerprint density at radius 1 is 1.25 bits per heavy atom. The number of nitrogens with zero attached hydrogens (tertiary/aromatic N) is 3. The van der Waals surface area contributed by atoms with E-state index in [0.717, 1.165) is 16.2 Å². The van der Waals surface area contributed by atoms with Crippen LogP contribution in [0, 0.1) is 0 Å². The van der Waals surface area contributed by atoms with Crippen LogP contribution in [0.1, 0.15) is 30.5 Å². The molecule has 5 rings (SSSR count). The van der Waals surface area contributed by atoms with Gasteiger partial charge in [-0.2, -0.15) is 8.78 Å². The molecule has 0 atom stereocenters. The van der Waals surface area contributed by atoms with E-state index in [1.165, 1.54) is 12.8 Å². The molecule has 0 spiro atoms. The van der Waals surface area contributed by atoms with Crippen molar-refractivity contribution in [3.8, 4) is 17.0 Å². The smallest absolute Gasteiger partial charge is 0.290 e. The van der Waals surface area contributed by atoms with E-state index in [2.05, 4.69) is 9.97 Å². The number of aromatic nitrogens is 2. The number of thioether (sulfide) groups is 1. The fraction of sp³-hybridized carbons (Fsp3) is 0.500. The summed E-state index contributed by atoms with van der Waals surface area (Å²) in [6.45, 7) is 0.740. The van der Waals surface area contributed by atoms with Crippen molar-refractivity contribution in [2.24, 2.45) is 0 Å². The molecular formula is C20H21F2N3O2S. The molecule has 5 nitrogen and oxygen atoms in total. The molecule has 2 aliphatic carbocycles. The Kier molecular flexibility index (Phi) is 4.24. The minimum atomic E-state index is -2.94. The summed E-state index contributed by atoms with van der Waals surface area (Å²) in [5, 5.41) is 10.2. The first kappa shape index (κ1) is 18.1. The Hall–Kier alpha value is -1.93. The number of aliphatic hydroxyl groups is 1. The van der Waals surface area contributed by atoms with E-state index in [4.69, 9.17) is 4.74 Å². The molecule has 0 radical (unpaired) electrons. The van der Waals surface area contributed by atoms with E-state index in [1.54, 1.807) is 23.8 Å². The topological polar surface area (TPSA) is 58.5 Å². The number of halogens is 2. The highest BCUT2D eigenvalue weighted by Crippen LogP contribution is 2.47. The van der Waals surface area contributed by atoms with Gasteiger partial charge in [-0.3, -0.25) is 0 Å². The number of ether oxygens (including phenoxy) is 1. The summed E-state index contributed by atoms with van der Waals surface area (Å²) in [7, 11) is 1.64. The Morgan fingerprint density at radius 3 is 2.71 bits per heavy atom. The Balaban J connectivity index is 1.61. The minimum absolute atomic E-state index is 0.166. The van der Waals surface area contributed by atoms with Gasteiger partial charge in [-0.05, 0) is 37.5 Å². The van der Waals surface area contributed by atoms with Crippen molar-refractivity contribution >= 4 is 17.7 Å². The summed E-state index contributed by atoms with van der Waals surface area (Å²) in [5.41, 5.74) is 1.74. The minimum Gasteiger partial charge on any atom is -0.496 e. The van der Waals surface area contributed by atoms with Gasteiger partial charge in [0.15, 0.2) is 0 Å². The average molecular weight is 405 g/mol. The largest absolute Gasteiger partial charge is 0.496 e. The van der Waals surface area contributed by atoms with Crippen LogP contribution in [-0.2, 0) is 12.3 Å². The summed E-state index contributed by atoms with van der Waals surface area (Å²) in [6, 6.07) is 5.76. The number of methoxy groups -OCH3 is 1. The van der Waals surface area contributed by atoms with Gasteiger partial charge < -0.3 is 14.7 Å². The van der Waals surface area contributed by atoms with E-state index < -0.39 is 12.0 Å². The second-order valence-corrected chi connectivity index (χ2v) is 8.99. The second kappa shape index (κ2) is 6.56. The molecule has 2 fully saturated rings. The summed E-state index contributed by atoms with van der Waals surface area (Å²) < 4.78 is 34.4. The molecule has 148 valence electrons. The Morgan fingerprint density at radius 2 is 2.04 bits per heavy atom. The number of rotatable bonds is 5. The average Bonchev–Trinajstić information content (AvgIpc) is 3.41. The zero-order valence-electron chi connectivity index (χ0n) is 15.5. The fourth-order valence-electron chi connectivity index (χ4n) is 3.69. The maximum absolute atomic E-state index is 14.5. The van der Waals surface area contributed by atoms with Gasteiger partial charge in [-0.25, -0.2) is 9.97 Å². The van der Waals surface area contributed by atoms with Crippen molar-refractivity contribution in [3.05, 3.63) is 29.5 Å². The summed E-state index contributed by atoms with van der Waals surface area (Å²) in [5.74, 6) is -1.88. The lowest BCUT2D eigenvalue weighted by molar-refractivity contribution is -0.00596. The van der Waals surface area contributed by atoms with Crippen molar-refractivity contribution in [3.63, 3.8) is 0 Å². The summed E-state index contributed by atoms with van der Waals surface area (Å²) in [6.07, 6.45) is 1.94. The van der Waals surface area contributed by atoms with E-state index in [0.29, 0.717) is 29.6 Å². The third-order valence-corrected chi connectivity index (χ3v) is 6.81. The highest BCUT2D eigenvalue weighted by atomic mass is 32.2. The Bertz CT molecular complexity index is 930. The molecule has 1 saturated heterocycles. The van der Waals surface area contributed by atoms with Gasteiger partial charge in [0.2, 0.25) is 5.95 Å². The van der Waals surface area contributed by atoms with Crippen LogP contribution < -0.4 is 9.64 Å². The molecule has 1 N–H and O–H groups in total. The number of fused-ring (bicyclic) bond motifs is 1. The molecule has 1 aromatic heterocycles. The quantitative estimate of drug-likeness (QED) is 0.820. The normalized spacial score (nSPS) is 20.8. The monoisotopic (exact) mass is 405 g/mol. The highest BCUT2D eigenvalue weighted by Gasteiger charge is 2.44. The van der Waals surface area contributed by atoms with Crippen molar-refractivity contribution in [1.29, 1.82) is 0 Å². The van der Waals surface area contributed by atoms with Gasteiger partial charge in [-0.1, -0.05) is 0 Å². The van der Waals surface area contributed by atoms with Crippen molar-refractivity contribution in [2.45, 2.75) is 47.9 Å². The lowest BCUT2D eigenvalue weighted by Crippen LogP contribution is -2.51. The molecule has 0 bridgehead atoms. The van der Waals surface area contributed by atoms with Gasteiger partial charge in [0.1, 0.15) is 11.4 Å². The van der Waals surface area contributed by atoms with Gasteiger partial charge in [-0.15, -0.1) is 11.8 Å². The van der Waals surface area contributed by atoms with E-state index >= 15 is 0 Å². The van der Waals surface area contributed by atoms with Crippen LogP contribution in [-0.4, -0.2) is 46.6 Å². The van der Waals surface area contributed by atoms with Crippen LogP contribution in [0.5, 0.6) is 5.75 Å². The van der Waals surface area contributed by atoms with Crippen molar-refractivity contribution in [2.75, 3.05) is 25.1 Å². The first-order valence-electron chi connectivity index (χ1n) is 9.52. The lowest BCUT2D eigenvalue weighted by atomic mass is 10.0. The van der Waals surface area contributed by atoms with Crippen molar-refractivity contribution in [1.82, 2.24) is 9.97 Å². The molecule has 1 aromatic carbocycles. The van der Waals surface area contributed by atoms with E-state index in [1.807, 2.05) is 18.2 Å². The molecule has 0 amide bonds. The number of hydrogen-bond donors (Lipinski definition) is 1. The predicted molar refractivity (Wildman–Crippen MR) is 103 cm³/mol. The predicted octanol–water partition coefficient (Wildman–Crippen LogP) is 3.63. The summed E-state index contributed by atoms with van der Waals surface area (Å²) >= 11 is 1.77. The SMILES string of the molecule is COc1ccc(-c2nc(N3CC(O)C3)nc3c2CCC3(F)F)cc1SC1CC1. The maximum Gasteiger partial charge on any atom is 0.290 e. The molecule has 1 aliphatic heterocycles. The molecule has 0 unspecified atom stereocenters. The van der Waals surface area contributed by atoms with E-state index in [-0.39, 0.29) is 24.5 Å². The van der Waals surface area contributed by atoms with Gasteiger partial charge >= 0.3 is 0 Å². The van der Waals surface area contributed by atoms with Gasteiger partial charge in [0, 0.05) is 35.9 Å². The van der Waals surface area contributed by atoms with E-state index in [9.17, 15) is 13.9 Å². The van der Waals surface area contributed by atoms with Crippen LogP contribution in [0.3, 0.4) is 0 Å². The number of alkyl halides is 2. The highest BCUT2D eigenvalue weighted by molar-refractivity contribution is 8.00. The van der Waals surface area contributed by atoms with Crippen LogP contribution in [0.15, 0.2) is 23.1 Å². The molecular weight excluding hydrogens is 384 g/mol. The zero-order valence-corrected chi connectivity index (χ0v) is 16.3. The molecule has 1 saturated carbocycles. The lowest BCUT2D eigenvalue weighted by Gasteiger charge is -2.36. The molecule has 8 heteroatoms. The number of aliphatic hydroxyl groups excluding tert-OH is 1. The standard InChI is InChI=1S/C20H21F2N3O2S/c1-27-15-5-2-11(8-16(15)28-13-3-4-13)17-14-6-7-20(21,22)18(14)24-19(23-17)25-9-12(26)10-25/h2,5,8,12-13,26H,3-4,6-7,9-10H2,1H3. The molecule has 2 aromatic rings. The van der Waals surface area contributed by atoms with Gasteiger partial charge in [0.25, 0.3) is 5.92 Å². The van der Waals surface area contributed by atoms with Gasteiger partial charge in [0.05, 0.1) is 23.8 Å². The van der Waals surface area contributed by atoms with Crippen LogP contribution in [0.25, 0.3) is 11.3 Å². The van der Waals surface area contributed by atoms with Crippen LogP contribution in [0.2, 0.25) is 0 Å². The second-order valence-electron chi connectivity index (χ2n) is 7.65. The third-order valence-electron chi connectivity index (χ3n) is 5.43. The maximum atomic E-state index is 14.5. The first-order valence-corrected chi connectivity index (χ1v) is 10.4. The molecule has 2 heterocycles. The number of β-amino-alcohol motifs (C(OH)–C–C–N with tert-alkyl or cyclic N) is 1. The van der Waals surface area contributed by atoms with Crippen molar-refractivity contribution < 1.29 is 18.6 Å². The fourth-order valence-corrected chi connectivity index (χ4v) is 4.89. The number of anilines is 1. The zero-order chi connectivity index (χ0) is 19.5. The summed E-state index contributed by atoms with van der Waals surface area (Å²) in [4.78, 5) is 11.6. The molecule has 3 aliphatic rings. The van der Waals surface area contributed by atoms with Crippen LogP contribution >= 0.6 is 11.8 Å². The number of hydrogen-bond acceptors (Lipinski definition) is 6.